The molecule has 0 saturated heterocycles. The van der Waals surface area contributed by atoms with Crippen molar-refractivity contribution in [1.82, 2.24) is 9.55 Å². The van der Waals surface area contributed by atoms with Gasteiger partial charge < -0.3 is 14.9 Å². The van der Waals surface area contributed by atoms with Gasteiger partial charge in [-0.25, -0.2) is 9.59 Å². The van der Waals surface area contributed by atoms with E-state index in [-0.39, 0.29) is 24.8 Å². The summed E-state index contributed by atoms with van der Waals surface area (Å²) >= 11 is 0. The number of carboxylic acid groups (broad SMARTS) is 1. The Morgan fingerprint density at radius 3 is 2.26 bits per heavy atom. The third-order valence-corrected chi connectivity index (χ3v) is 5.36. The highest BCUT2D eigenvalue weighted by Gasteiger charge is 2.18. The Morgan fingerprint density at radius 1 is 1.00 bits per heavy atom. The molecule has 9 nitrogen and oxygen atoms in total. The zero-order chi connectivity index (χ0) is 25.5. The van der Waals surface area contributed by atoms with Crippen LogP contribution in [-0.2, 0) is 34.1 Å². The van der Waals surface area contributed by atoms with Gasteiger partial charge in [-0.15, -0.1) is 0 Å². The van der Waals surface area contributed by atoms with E-state index in [1.54, 1.807) is 12.1 Å². The van der Waals surface area contributed by atoms with Gasteiger partial charge >= 0.3 is 11.7 Å². The number of aromatic amines is 1. The maximum atomic E-state index is 12.6. The fourth-order valence-corrected chi connectivity index (χ4v) is 3.64. The minimum absolute atomic E-state index is 0.0858. The second kappa shape index (κ2) is 11.3. The number of H-pyrrole nitrogens is 1. The van der Waals surface area contributed by atoms with E-state index in [9.17, 15) is 24.3 Å². The van der Waals surface area contributed by atoms with E-state index in [1.165, 1.54) is 16.7 Å². The van der Waals surface area contributed by atoms with Gasteiger partial charge in [0.2, 0.25) is 0 Å². The van der Waals surface area contributed by atoms with E-state index in [1.807, 2.05) is 44.2 Å². The second-order valence-corrected chi connectivity index (χ2v) is 8.24. The van der Waals surface area contributed by atoms with Gasteiger partial charge in [-0.2, -0.15) is 0 Å². The molecule has 2 aromatic carbocycles. The first kappa shape index (κ1) is 25.4. The molecule has 1 heterocycles. The number of nitrogens with one attached hydrogen (secondary N) is 1. The number of nitrogens with zero attached hydrogens (tertiary/aromatic N) is 1. The molecule has 0 unspecified atom stereocenters. The number of rotatable bonds is 10. The van der Waals surface area contributed by atoms with E-state index in [2.05, 4.69) is 4.98 Å². The van der Waals surface area contributed by atoms with Crippen molar-refractivity contribution >= 4 is 17.5 Å². The molecule has 0 aliphatic rings. The van der Waals surface area contributed by atoms with Crippen LogP contribution in [-0.4, -0.2) is 31.5 Å². The highest BCUT2D eigenvalue weighted by Crippen LogP contribution is 2.18. The van der Waals surface area contributed by atoms with Gasteiger partial charge in [-0.1, -0.05) is 68.4 Å². The van der Waals surface area contributed by atoms with Crippen LogP contribution in [0.15, 0.2) is 70.3 Å². The molecule has 3 N–H and O–H groups in total. The Hall–Kier alpha value is -4.24. The quantitative estimate of drug-likeness (QED) is 0.231. The molecule has 9 heteroatoms. The molecule has 0 radical (unpaired) electrons. The number of hydrogen-bond acceptors (Lipinski definition) is 6. The molecule has 182 valence electrons. The maximum Gasteiger partial charge on any atom is 0.376 e. The van der Waals surface area contributed by atoms with Crippen molar-refractivity contribution in [2.75, 3.05) is 0 Å². The van der Waals surface area contributed by atoms with Crippen molar-refractivity contribution in [1.29, 1.82) is 0 Å². The summed E-state index contributed by atoms with van der Waals surface area (Å²) in [5.41, 5.74) is 2.10. The van der Waals surface area contributed by atoms with Crippen molar-refractivity contribution in [3.8, 4) is 0 Å². The van der Waals surface area contributed by atoms with E-state index < -0.39 is 28.8 Å². The largest absolute Gasteiger partial charge is 0.507 e. The highest BCUT2D eigenvalue weighted by atomic mass is 16.5. The van der Waals surface area contributed by atoms with Crippen LogP contribution < -0.4 is 11.2 Å². The van der Waals surface area contributed by atoms with Crippen molar-refractivity contribution in [3.63, 3.8) is 0 Å². The summed E-state index contributed by atoms with van der Waals surface area (Å²) in [5, 5.41) is 18.5. The van der Waals surface area contributed by atoms with Crippen molar-refractivity contribution in [2.24, 2.45) is 0 Å². The van der Waals surface area contributed by atoms with Crippen molar-refractivity contribution in [2.45, 2.75) is 39.5 Å². The lowest BCUT2D eigenvalue weighted by Crippen LogP contribution is -2.36. The molecule has 3 aromatic rings. The Kier molecular flexibility index (Phi) is 8.17. The number of aliphatic carboxylic acids is 1. The lowest BCUT2D eigenvalue weighted by atomic mass is 9.98. The van der Waals surface area contributed by atoms with Crippen molar-refractivity contribution in [3.05, 3.63) is 109 Å². The summed E-state index contributed by atoms with van der Waals surface area (Å²) in [6, 6.07) is 15.9. The number of ketones is 1. The third kappa shape index (κ3) is 6.42. The number of ether oxygens (including phenoxy) is 1. The molecule has 0 atom stereocenters. The normalized spacial score (nSPS) is 11.6. The lowest BCUT2D eigenvalue weighted by molar-refractivity contribution is -0.146. The van der Waals surface area contributed by atoms with E-state index in [0.29, 0.717) is 23.8 Å². The summed E-state index contributed by atoms with van der Waals surface area (Å²) < 4.78 is 7.19. The summed E-state index contributed by atoms with van der Waals surface area (Å²) in [6.45, 7) is 3.83. The van der Waals surface area contributed by atoms with Gasteiger partial charge in [0.05, 0.1) is 6.61 Å². The number of carbonyl (C=O) groups is 2. The SMILES string of the molecule is CC(C)c1c(Cc2ccccc2)n(COCc2ccc(C(O)=CC(=O)C(=O)O)cc2)c(=O)[nH]c1=O. The monoisotopic (exact) mass is 478 g/mol. The van der Waals surface area contributed by atoms with Crippen LogP contribution in [0.2, 0.25) is 0 Å². The fraction of sp³-hybridized carbons (Fsp3) is 0.231. The first-order valence-electron chi connectivity index (χ1n) is 10.9. The molecule has 35 heavy (non-hydrogen) atoms. The predicted molar refractivity (Wildman–Crippen MR) is 129 cm³/mol. The first-order chi connectivity index (χ1) is 16.7. The van der Waals surface area contributed by atoms with Gasteiger partial charge in [-0.05, 0) is 17.0 Å². The number of benzene rings is 2. The molecule has 0 aliphatic carbocycles. The minimum Gasteiger partial charge on any atom is -0.507 e. The molecular formula is C26H26N2O7. The number of aromatic nitrogens is 2. The standard InChI is InChI=1S/C26H26N2O7/c1-16(2)23-20(12-17-6-4-3-5-7-17)28(26(34)27-24(23)31)15-35-14-18-8-10-19(11-9-18)21(29)13-22(30)25(32)33/h3-11,13,16,29H,12,14-15H2,1-2H3,(H,32,33)(H,27,31,34). The molecule has 0 aliphatic heterocycles. The van der Waals surface area contributed by atoms with Gasteiger partial charge in [0.1, 0.15) is 12.5 Å². The van der Waals surface area contributed by atoms with Crippen LogP contribution >= 0.6 is 0 Å². The predicted octanol–water partition coefficient (Wildman–Crippen LogP) is 2.98. The van der Waals surface area contributed by atoms with Crippen LogP contribution in [0.4, 0.5) is 0 Å². The van der Waals surface area contributed by atoms with Crippen LogP contribution in [0, 0.1) is 0 Å². The van der Waals surface area contributed by atoms with Crippen LogP contribution in [0.1, 0.15) is 47.7 Å². The third-order valence-electron chi connectivity index (χ3n) is 5.36. The maximum absolute atomic E-state index is 12.6. The average molecular weight is 479 g/mol. The Morgan fingerprint density at radius 2 is 1.66 bits per heavy atom. The van der Waals surface area contributed by atoms with Gasteiger partial charge in [0.15, 0.2) is 0 Å². The highest BCUT2D eigenvalue weighted by molar-refractivity contribution is 6.38. The summed E-state index contributed by atoms with van der Waals surface area (Å²) in [5.74, 6) is -3.46. The number of carboxylic acids is 1. The number of carbonyl (C=O) groups excluding carboxylic acids is 1. The molecule has 3 rings (SSSR count). The first-order valence-corrected chi connectivity index (χ1v) is 10.9. The summed E-state index contributed by atoms with van der Waals surface area (Å²) in [7, 11) is 0. The molecule has 0 fully saturated rings. The topological polar surface area (TPSA) is 139 Å². The minimum atomic E-state index is -1.66. The van der Waals surface area contributed by atoms with Gasteiger partial charge in [0.25, 0.3) is 11.3 Å². The van der Waals surface area contributed by atoms with E-state index in [0.717, 1.165) is 11.1 Å². The zero-order valence-electron chi connectivity index (χ0n) is 19.4. The number of hydrogen-bond donors (Lipinski definition) is 3. The molecule has 0 amide bonds. The summed E-state index contributed by atoms with van der Waals surface area (Å²) in [4.78, 5) is 49.4. The Balaban J connectivity index is 1.79. The van der Waals surface area contributed by atoms with Gasteiger partial charge in [-0.3, -0.25) is 19.1 Å². The van der Waals surface area contributed by atoms with Crippen LogP contribution in [0.25, 0.3) is 5.76 Å². The van der Waals surface area contributed by atoms with E-state index in [4.69, 9.17) is 9.84 Å². The number of aliphatic hydroxyl groups is 1. The van der Waals surface area contributed by atoms with Gasteiger partial charge in [0, 0.05) is 29.3 Å². The molecule has 0 saturated carbocycles. The molecule has 0 bridgehead atoms. The molecule has 1 aromatic heterocycles. The fourth-order valence-electron chi connectivity index (χ4n) is 3.64. The average Bonchev–Trinajstić information content (AvgIpc) is 2.81. The lowest BCUT2D eigenvalue weighted by Gasteiger charge is -2.18. The smallest absolute Gasteiger partial charge is 0.376 e. The van der Waals surface area contributed by atoms with Crippen LogP contribution in [0.5, 0.6) is 0 Å². The second-order valence-electron chi connectivity index (χ2n) is 8.24. The number of aliphatic hydroxyl groups excluding tert-OH is 1. The zero-order valence-corrected chi connectivity index (χ0v) is 19.4. The molecule has 0 spiro atoms. The summed E-state index contributed by atoms with van der Waals surface area (Å²) in [6.07, 6.45) is 1.03. The van der Waals surface area contributed by atoms with Crippen LogP contribution in [0.3, 0.4) is 0 Å². The van der Waals surface area contributed by atoms with E-state index >= 15 is 0 Å². The Bertz CT molecular complexity index is 1350. The van der Waals surface area contributed by atoms with Crippen molar-refractivity contribution < 1.29 is 24.5 Å². The Labute approximate surface area is 201 Å². The molecular weight excluding hydrogens is 452 g/mol.